The number of aryl methyl sites for hydroxylation is 2. The van der Waals surface area contributed by atoms with Gasteiger partial charge in [-0.3, -0.25) is 13.9 Å². The largest absolute Gasteiger partial charge is 0.355 e. The first-order chi connectivity index (χ1) is 17.5. The van der Waals surface area contributed by atoms with Crippen molar-refractivity contribution < 1.29 is 22.4 Å². The molecule has 0 radical (unpaired) electrons. The van der Waals surface area contributed by atoms with Gasteiger partial charge in [-0.2, -0.15) is 0 Å². The summed E-state index contributed by atoms with van der Waals surface area (Å²) in [5.41, 5.74) is 3.01. The molecule has 0 unspecified atom stereocenters. The zero-order valence-corrected chi connectivity index (χ0v) is 22.3. The van der Waals surface area contributed by atoms with Crippen LogP contribution in [0.4, 0.5) is 10.1 Å². The van der Waals surface area contributed by atoms with E-state index in [4.69, 9.17) is 0 Å². The standard InChI is InChI=1S/C28H32FN3O4S/c1-5-30-28(34)22(4)31(18-23-8-6-7-21(3)17-23)27(33)19-32(25-13-9-20(2)10-14-25)37(35,36)26-15-11-24(29)12-16-26/h6-17,22H,5,18-19H2,1-4H3,(H,30,34)/t22-/m1/s1. The quantitative estimate of drug-likeness (QED) is 0.430. The van der Waals surface area contributed by atoms with Gasteiger partial charge in [-0.15, -0.1) is 0 Å². The highest BCUT2D eigenvalue weighted by Crippen LogP contribution is 2.25. The molecule has 0 heterocycles. The van der Waals surface area contributed by atoms with Gasteiger partial charge in [0.1, 0.15) is 18.4 Å². The molecule has 0 aromatic heterocycles. The topological polar surface area (TPSA) is 86.8 Å². The highest BCUT2D eigenvalue weighted by Gasteiger charge is 2.32. The Bertz CT molecular complexity index is 1340. The fourth-order valence-electron chi connectivity index (χ4n) is 3.89. The van der Waals surface area contributed by atoms with E-state index in [0.29, 0.717) is 6.54 Å². The van der Waals surface area contributed by atoms with Gasteiger partial charge in [0.25, 0.3) is 10.0 Å². The zero-order chi connectivity index (χ0) is 27.2. The Labute approximate surface area is 218 Å². The average Bonchev–Trinajstić information content (AvgIpc) is 2.86. The van der Waals surface area contributed by atoms with Crippen LogP contribution in [-0.4, -0.2) is 44.3 Å². The van der Waals surface area contributed by atoms with Crippen molar-refractivity contribution in [1.29, 1.82) is 0 Å². The van der Waals surface area contributed by atoms with Crippen LogP contribution >= 0.6 is 0 Å². The molecular weight excluding hydrogens is 493 g/mol. The normalized spacial score (nSPS) is 12.0. The smallest absolute Gasteiger partial charge is 0.264 e. The van der Waals surface area contributed by atoms with Crippen LogP contribution in [0.25, 0.3) is 0 Å². The molecule has 0 saturated heterocycles. The molecule has 0 bridgehead atoms. The average molecular weight is 526 g/mol. The molecule has 0 saturated carbocycles. The molecule has 0 fully saturated rings. The Balaban J connectivity index is 2.02. The molecule has 0 aliphatic rings. The summed E-state index contributed by atoms with van der Waals surface area (Å²) in [6.07, 6.45) is 0. The number of hydrogen-bond acceptors (Lipinski definition) is 4. The first kappa shape index (κ1) is 27.9. The van der Waals surface area contributed by atoms with Crippen molar-refractivity contribution in [2.75, 3.05) is 17.4 Å². The van der Waals surface area contributed by atoms with Crippen LogP contribution in [0, 0.1) is 19.7 Å². The molecule has 0 aliphatic heterocycles. The first-order valence-corrected chi connectivity index (χ1v) is 13.4. The van der Waals surface area contributed by atoms with Gasteiger partial charge < -0.3 is 10.2 Å². The predicted molar refractivity (Wildman–Crippen MR) is 142 cm³/mol. The highest BCUT2D eigenvalue weighted by atomic mass is 32.2. The van der Waals surface area contributed by atoms with Crippen LogP contribution in [0.5, 0.6) is 0 Å². The second-order valence-electron chi connectivity index (χ2n) is 8.88. The number of amides is 2. The molecule has 3 aromatic carbocycles. The Morgan fingerprint density at radius 1 is 0.946 bits per heavy atom. The highest BCUT2D eigenvalue weighted by molar-refractivity contribution is 7.92. The van der Waals surface area contributed by atoms with Crippen LogP contribution < -0.4 is 9.62 Å². The van der Waals surface area contributed by atoms with Crippen molar-refractivity contribution >= 4 is 27.5 Å². The van der Waals surface area contributed by atoms with E-state index in [1.165, 1.54) is 4.90 Å². The van der Waals surface area contributed by atoms with Gasteiger partial charge >= 0.3 is 0 Å². The first-order valence-electron chi connectivity index (χ1n) is 12.0. The predicted octanol–water partition coefficient (Wildman–Crippen LogP) is 4.19. The summed E-state index contributed by atoms with van der Waals surface area (Å²) >= 11 is 0. The van der Waals surface area contributed by atoms with E-state index in [9.17, 15) is 22.4 Å². The van der Waals surface area contributed by atoms with Crippen LogP contribution in [0.1, 0.15) is 30.5 Å². The van der Waals surface area contributed by atoms with Gasteiger partial charge in [-0.05, 0) is 69.7 Å². The van der Waals surface area contributed by atoms with Crippen molar-refractivity contribution in [3.05, 3.63) is 95.3 Å². The maximum Gasteiger partial charge on any atom is 0.264 e. The number of halogens is 1. The number of benzene rings is 3. The van der Waals surface area contributed by atoms with Crippen molar-refractivity contribution in [2.45, 2.75) is 45.2 Å². The summed E-state index contributed by atoms with van der Waals surface area (Å²) in [4.78, 5) is 27.7. The number of carbonyl (C=O) groups excluding carboxylic acids is 2. The van der Waals surface area contributed by atoms with Crippen LogP contribution in [0.3, 0.4) is 0 Å². The van der Waals surface area contributed by atoms with E-state index in [-0.39, 0.29) is 23.0 Å². The van der Waals surface area contributed by atoms with E-state index in [1.54, 1.807) is 38.1 Å². The van der Waals surface area contributed by atoms with Gasteiger partial charge in [0, 0.05) is 13.1 Å². The third-order valence-corrected chi connectivity index (χ3v) is 7.74. The monoisotopic (exact) mass is 525 g/mol. The molecule has 37 heavy (non-hydrogen) atoms. The minimum atomic E-state index is -4.23. The van der Waals surface area contributed by atoms with Crippen molar-refractivity contribution in [3.63, 3.8) is 0 Å². The van der Waals surface area contributed by atoms with Gasteiger partial charge in [0.2, 0.25) is 11.8 Å². The number of nitrogens with one attached hydrogen (secondary N) is 1. The number of nitrogens with zero attached hydrogens (tertiary/aromatic N) is 2. The van der Waals surface area contributed by atoms with E-state index in [0.717, 1.165) is 45.3 Å². The molecule has 3 aromatic rings. The molecule has 3 rings (SSSR count). The van der Waals surface area contributed by atoms with Crippen LogP contribution in [-0.2, 0) is 26.2 Å². The molecule has 7 nitrogen and oxygen atoms in total. The summed E-state index contributed by atoms with van der Waals surface area (Å²) in [5, 5.41) is 2.73. The van der Waals surface area contributed by atoms with E-state index in [2.05, 4.69) is 5.32 Å². The third-order valence-electron chi connectivity index (χ3n) is 5.96. The molecule has 1 N–H and O–H groups in total. The van der Waals surface area contributed by atoms with E-state index < -0.39 is 34.3 Å². The SMILES string of the molecule is CCNC(=O)[C@@H](C)N(Cc1cccc(C)c1)C(=O)CN(c1ccc(C)cc1)S(=O)(=O)c1ccc(F)cc1. The minimum Gasteiger partial charge on any atom is -0.355 e. The number of rotatable bonds is 10. The molecule has 1 atom stereocenters. The number of anilines is 1. The lowest BCUT2D eigenvalue weighted by Gasteiger charge is -2.32. The third kappa shape index (κ3) is 6.95. The number of hydrogen-bond donors (Lipinski definition) is 1. The summed E-state index contributed by atoms with van der Waals surface area (Å²) in [7, 11) is -4.23. The molecule has 0 aliphatic carbocycles. The maximum atomic E-state index is 13.7. The zero-order valence-electron chi connectivity index (χ0n) is 21.4. The summed E-state index contributed by atoms with van der Waals surface area (Å²) in [5.74, 6) is -1.46. The lowest BCUT2D eigenvalue weighted by Crippen LogP contribution is -2.51. The summed E-state index contributed by atoms with van der Waals surface area (Å²) in [6, 6.07) is 17.9. The van der Waals surface area contributed by atoms with Gasteiger partial charge in [0.05, 0.1) is 10.6 Å². The Hall–Kier alpha value is -3.72. The lowest BCUT2D eigenvalue weighted by molar-refractivity contribution is -0.139. The van der Waals surface area contributed by atoms with Crippen molar-refractivity contribution in [1.82, 2.24) is 10.2 Å². The van der Waals surface area contributed by atoms with Gasteiger partial charge in [-0.25, -0.2) is 12.8 Å². The Kier molecular flexibility index (Phi) is 9.04. The number of carbonyl (C=O) groups is 2. The molecule has 9 heteroatoms. The fourth-order valence-corrected chi connectivity index (χ4v) is 5.30. The molecule has 2 amide bonds. The second-order valence-corrected chi connectivity index (χ2v) is 10.7. The van der Waals surface area contributed by atoms with E-state index in [1.807, 2.05) is 38.1 Å². The molecule has 196 valence electrons. The van der Waals surface area contributed by atoms with Gasteiger partial charge in [0.15, 0.2) is 0 Å². The van der Waals surface area contributed by atoms with Gasteiger partial charge in [-0.1, -0.05) is 47.5 Å². The number of likely N-dealkylation sites (N-methyl/N-ethyl adjacent to an activating group) is 1. The van der Waals surface area contributed by atoms with E-state index >= 15 is 0 Å². The van der Waals surface area contributed by atoms with Crippen molar-refractivity contribution in [2.24, 2.45) is 0 Å². The molecule has 0 spiro atoms. The summed E-state index contributed by atoms with van der Waals surface area (Å²) < 4.78 is 41.8. The van der Waals surface area contributed by atoms with Crippen molar-refractivity contribution in [3.8, 4) is 0 Å². The second kappa shape index (κ2) is 12.0. The fraction of sp³-hybridized carbons (Fsp3) is 0.286. The summed E-state index contributed by atoms with van der Waals surface area (Å²) in [6.45, 7) is 7.16. The number of sulfonamides is 1. The Morgan fingerprint density at radius 3 is 2.19 bits per heavy atom. The maximum absolute atomic E-state index is 13.7. The minimum absolute atomic E-state index is 0.122. The van der Waals surface area contributed by atoms with Crippen LogP contribution in [0.2, 0.25) is 0 Å². The van der Waals surface area contributed by atoms with Crippen LogP contribution in [0.15, 0.2) is 77.7 Å². The lowest BCUT2D eigenvalue weighted by atomic mass is 10.1. The Morgan fingerprint density at radius 2 is 1.59 bits per heavy atom. The molecular formula is C28H32FN3O4S.